The molecule has 0 amide bonds. The first-order chi connectivity index (χ1) is 8.10. The van der Waals surface area contributed by atoms with Gasteiger partial charge in [-0.2, -0.15) is 0 Å². The van der Waals surface area contributed by atoms with Gasteiger partial charge in [0.2, 0.25) is 0 Å². The third-order valence-corrected chi connectivity index (χ3v) is 4.42. The number of nitrogens with two attached hydrogens (primary N) is 1. The third kappa shape index (κ3) is 2.20. The predicted molar refractivity (Wildman–Crippen MR) is 69.6 cm³/mol. The summed E-state index contributed by atoms with van der Waals surface area (Å²) in [6.45, 7) is 0.383. The van der Waals surface area contributed by atoms with Gasteiger partial charge in [0.25, 0.3) is 0 Å². The lowest BCUT2D eigenvalue weighted by Crippen LogP contribution is -2.38. The highest BCUT2D eigenvalue weighted by atomic mass is 79.9. The van der Waals surface area contributed by atoms with Crippen LogP contribution in [0.4, 0.5) is 4.39 Å². The van der Waals surface area contributed by atoms with Gasteiger partial charge in [-0.15, -0.1) is 0 Å². The monoisotopic (exact) mass is 301 g/mol. The second kappa shape index (κ2) is 4.94. The van der Waals surface area contributed by atoms with Crippen molar-refractivity contribution in [1.29, 1.82) is 0 Å². The molecule has 0 radical (unpaired) electrons. The highest BCUT2D eigenvalue weighted by Crippen LogP contribution is 2.44. The van der Waals surface area contributed by atoms with Crippen LogP contribution < -0.4 is 5.73 Å². The summed E-state index contributed by atoms with van der Waals surface area (Å²) in [5, 5.41) is 9.95. The first kappa shape index (κ1) is 12.8. The molecule has 1 fully saturated rings. The molecule has 0 unspecified atom stereocenters. The number of rotatable bonds is 2. The van der Waals surface area contributed by atoms with Gasteiger partial charge in [-0.1, -0.05) is 19.3 Å². The van der Waals surface area contributed by atoms with E-state index in [1.54, 1.807) is 0 Å². The van der Waals surface area contributed by atoms with Crippen molar-refractivity contribution in [3.05, 3.63) is 28.0 Å². The van der Waals surface area contributed by atoms with Crippen LogP contribution in [0.2, 0.25) is 0 Å². The molecular formula is C13H17BrFNO. The molecule has 2 nitrogen and oxygen atoms in total. The minimum Gasteiger partial charge on any atom is -0.508 e. The van der Waals surface area contributed by atoms with E-state index >= 15 is 0 Å². The van der Waals surface area contributed by atoms with Gasteiger partial charge in [-0.3, -0.25) is 0 Å². The quantitative estimate of drug-likeness (QED) is 0.879. The van der Waals surface area contributed by atoms with E-state index in [1.807, 2.05) is 0 Å². The van der Waals surface area contributed by atoms with Crippen molar-refractivity contribution in [2.24, 2.45) is 5.73 Å². The molecule has 1 aliphatic carbocycles. The topological polar surface area (TPSA) is 46.2 Å². The van der Waals surface area contributed by atoms with Gasteiger partial charge >= 0.3 is 0 Å². The van der Waals surface area contributed by atoms with Crippen LogP contribution in [0.15, 0.2) is 16.6 Å². The van der Waals surface area contributed by atoms with Crippen LogP contribution in [-0.2, 0) is 5.41 Å². The van der Waals surface area contributed by atoms with Crippen LogP contribution in [0.25, 0.3) is 0 Å². The predicted octanol–water partition coefficient (Wildman–Crippen LogP) is 3.45. The molecule has 1 aromatic rings. The molecule has 0 spiro atoms. The normalized spacial score (nSPS) is 19.2. The molecule has 0 bridgehead atoms. The zero-order valence-corrected chi connectivity index (χ0v) is 11.3. The maximum Gasteiger partial charge on any atom is 0.144 e. The number of hydrogen-bond donors (Lipinski definition) is 2. The summed E-state index contributed by atoms with van der Waals surface area (Å²) in [6.07, 6.45) is 4.96. The highest BCUT2D eigenvalue weighted by molar-refractivity contribution is 9.10. The van der Waals surface area contributed by atoms with Gasteiger partial charge < -0.3 is 10.8 Å². The van der Waals surface area contributed by atoms with Crippen molar-refractivity contribution >= 4 is 15.9 Å². The molecule has 94 valence electrons. The fourth-order valence-electron chi connectivity index (χ4n) is 2.83. The molecule has 1 saturated carbocycles. The van der Waals surface area contributed by atoms with Gasteiger partial charge in [-0.05, 0) is 40.9 Å². The summed E-state index contributed by atoms with van der Waals surface area (Å²) in [7, 11) is 0. The van der Waals surface area contributed by atoms with Crippen LogP contribution in [0.5, 0.6) is 5.75 Å². The summed E-state index contributed by atoms with van der Waals surface area (Å²) in [5.41, 5.74) is 5.87. The van der Waals surface area contributed by atoms with E-state index in [0.29, 0.717) is 16.6 Å². The van der Waals surface area contributed by atoms with Crippen LogP contribution in [0.3, 0.4) is 0 Å². The largest absolute Gasteiger partial charge is 0.508 e. The van der Waals surface area contributed by atoms with E-state index in [9.17, 15) is 9.50 Å². The number of hydrogen-bond acceptors (Lipinski definition) is 2. The molecule has 1 aliphatic rings. The summed E-state index contributed by atoms with van der Waals surface area (Å²) in [5.74, 6) is -0.338. The highest BCUT2D eigenvalue weighted by Gasteiger charge is 2.37. The second-order valence-corrected chi connectivity index (χ2v) is 5.65. The molecule has 17 heavy (non-hydrogen) atoms. The molecule has 1 aromatic carbocycles. The van der Waals surface area contributed by atoms with E-state index in [-0.39, 0.29) is 11.6 Å². The molecule has 0 aromatic heterocycles. The van der Waals surface area contributed by atoms with E-state index in [4.69, 9.17) is 5.73 Å². The second-order valence-electron chi connectivity index (χ2n) is 4.80. The first-order valence-electron chi connectivity index (χ1n) is 5.98. The standard InChI is InChI=1S/C13H17BrFNO/c14-9-4-5-10(17)11(12(9)15)13(8-16)6-2-1-3-7-13/h4-5,17H,1-3,6-8,16H2. The maximum absolute atomic E-state index is 14.2. The SMILES string of the molecule is NCC1(c2c(O)ccc(Br)c2F)CCCCC1. The number of phenolic OH excluding ortho intramolecular Hbond substituents is 1. The molecule has 3 N–H and O–H groups in total. The zero-order valence-electron chi connectivity index (χ0n) is 9.68. The summed E-state index contributed by atoms with van der Waals surface area (Å²) in [6, 6.07) is 3.07. The molecule has 0 atom stereocenters. The van der Waals surface area contributed by atoms with Gasteiger partial charge in [0.05, 0.1) is 4.47 Å². The van der Waals surface area contributed by atoms with Crippen molar-refractivity contribution in [1.82, 2.24) is 0 Å². The Morgan fingerprint density at radius 3 is 2.53 bits per heavy atom. The van der Waals surface area contributed by atoms with Crippen molar-refractivity contribution in [2.75, 3.05) is 6.54 Å². The Balaban J connectivity index is 2.53. The smallest absolute Gasteiger partial charge is 0.144 e. The van der Waals surface area contributed by atoms with Gasteiger partial charge in [0.15, 0.2) is 0 Å². The Morgan fingerprint density at radius 1 is 1.29 bits per heavy atom. The fourth-order valence-corrected chi connectivity index (χ4v) is 3.16. The summed E-state index contributed by atoms with van der Waals surface area (Å²) >= 11 is 3.17. The Bertz CT molecular complexity index is 416. The van der Waals surface area contributed by atoms with Crippen LogP contribution in [0, 0.1) is 5.82 Å². The lowest BCUT2D eigenvalue weighted by Gasteiger charge is -2.37. The average molecular weight is 302 g/mol. The lowest BCUT2D eigenvalue weighted by atomic mass is 9.69. The van der Waals surface area contributed by atoms with Crippen molar-refractivity contribution in [3.63, 3.8) is 0 Å². The average Bonchev–Trinajstić information content (AvgIpc) is 2.35. The van der Waals surface area contributed by atoms with E-state index in [1.165, 1.54) is 12.1 Å². The van der Waals surface area contributed by atoms with Crippen LogP contribution in [0.1, 0.15) is 37.7 Å². The minimum atomic E-state index is -0.393. The summed E-state index contributed by atoms with van der Waals surface area (Å²) in [4.78, 5) is 0. The zero-order chi connectivity index (χ0) is 12.5. The maximum atomic E-state index is 14.2. The number of phenols is 1. The fraction of sp³-hybridized carbons (Fsp3) is 0.538. The van der Waals surface area contributed by atoms with E-state index < -0.39 is 5.41 Å². The van der Waals surface area contributed by atoms with E-state index in [0.717, 1.165) is 32.1 Å². The van der Waals surface area contributed by atoms with Crippen molar-refractivity contribution in [3.8, 4) is 5.75 Å². The molecule has 0 heterocycles. The Hall–Kier alpha value is -0.610. The van der Waals surface area contributed by atoms with Gasteiger partial charge in [-0.25, -0.2) is 4.39 Å². The molecular weight excluding hydrogens is 285 g/mol. The molecule has 0 aliphatic heterocycles. The first-order valence-corrected chi connectivity index (χ1v) is 6.77. The number of aromatic hydroxyl groups is 1. The summed E-state index contributed by atoms with van der Waals surface area (Å²) < 4.78 is 14.6. The Morgan fingerprint density at radius 2 is 1.94 bits per heavy atom. The number of halogens is 2. The molecule has 2 rings (SSSR count). The van der Waals surface area contributed by atoms with E-state index in [2.05, 4.69) is 15.9 Å². The Labute approximate surface area is 109 Å². The van der Waals surface area contributed by atoms with Gasteiger partial charge in [0, 0.05) is 17.5 Å². The molecule has 0 saturated heterocycles. The van der Waals surface area contributed by atoms with Gasteiger partial charge in [0.1, 0.15) is 11.6 Å². The van der Waals surface area contributed by atoms with Crippen LogP contribution >= 0.6 is 15.9 Å². The lowest BCUT2D eigenvalue weighted by molar-refractivity contribution is 0.280. The molecule has 4 heteroatoms. The minimum absolute atomic E-state index is 0.0260. The Kier molecular flexibility index (Phi) is 3.73. The van der Waals surface area contributed by atoms with Crippen molar-refractivity contribution in [2.45, 2.75) is 37.5 Å². The van der Waals surface area contributed by atoms with Crippen LogP contribution in [-0.4, -0.2) is 11.7 Å². The third-order valence-electron chi connectivity index (χ3n) is 3.80. The number of benzene rings is 1. The van der Waals surface area contributed by atoms with Crippen molar-refractivity contribution < 1.29 is 9.50 Å².